The van der Waals surface area contributed by atoms with Crippen LogP contribution in [0.15, 0.2) is 59.5 Å². The van der Waals surface area contributed by atoms with Crippen LogP contribution in [0.2, 0.25) is 0 Å². The van der Waals surface area contributed by atoms with Crippen LogP contribution in [0, 0.1) is 11.3 Å². The number of hydrogen-bond acceptors (Lipinski definition) is 6. The zero-order valence-corrected chi connectivity index (χ0v) is 18.8. The predicted molar refractivity (Wildman–Crippen MR) is 115 cm³/mol. The van der Waals surface area contributed by atoms with Gasteiger partial charge in [0.05, 0.1) is 21.8 Å². The van der Waals surface area contributed by atoms with E-state index in [1.165, 1.54) is 6.07 Å². The minimum absolute atomic E-state index is 0.120. The molecule has 11 heteroatoms. The van der Waals surface area contributed by atoms with Crippen LogP contribution in [-0.4, -0.2) is 43.0 Å². The van der Waals surface area contributed by atoms with Crippen LogP contribution in [0.1, 0.15) is 30.4 Å². The Morgan fingerprint density at radius 3 is 2.41 bits per heavy atom. The van der Waals surface area contributed by atoms with Crippen LogP contribution in [0.3, 0.4) is 0 Å². The van der Waals surface area contributed by atoms with Crippen molar-refractivity contribution in [1.29, 1.82) is 5.26 Å². The second-order valence-corrected chi connectivity index (χ2v) is 10.7. The third kappa shape index (κ3) is 5.03. The molecule has 1 saturated carbocycles. The van der Waals surface area contributed by atoms with Gasteiger partial charge in [-0.15, -0.1) is 0 Å². The van der Waals surface area contributed by atoms with E-state index in [2.05, 4.69) is 5.32 Å². The maximum atomic E-state index is 13.5. The van der Waals surface area contributed by atoms with Crippen LogP contribution in [0.5, 0.6) is 0 Å². The molecule has 0 unspecified atom stereocenters. The highest BCUT2D eigenvalue weighted by Gasteiger charge is 2.48. The number of nitrogens with one attached hydrogen (secondary N) is 1. The Morgan fingerprint density at radius 2 is 1.79 bits per heavy atom. The van der Waals surface area contributed by atoms with Crippen molar-refractivity contribution in [1.82, 2.24) is 10.2 Å². The lowest BCUT2D eigenvalue weighted by Crippen LogP contribution is -2.41. The van der Waals surface area contributed by atoms with Crippen molar-refractivity contribution >= 4 is 15.9 Å². The smallest absolute Gasteiger partial charge is 0.417 e. The first-order valence-corrected chi connectivity index (χ1v) is 12.2. The maximum Gasteiger partial charge on any atom is 0.417 e. The van der Waals surface area contributed by atoms with Gasteiger partial charge in [-0.2, -0.15) is 18.4 Å². The number of benzene rings is 2. The summed E-state index contributed by atoms with van der Waals surface area (Å²) in [4.78, 5) is 13.2. The molecule has 34 heavy (non-hydrogen) atoms. The second-order valence-electron chi connectivity index (χ2n) is 8.49. The number of sulfone groups is 1. The Morgan fingerprint density at radius 1 is 1.15 bits per heavy atom. The zero-order valence-electron chi connectivity index (χ0n) is 18.0. The summed E-state index contributed by atoms with van der Waals surface area (Å²) < 4.78 is 72.5. The van der Waals surface area contributed by atoms with E-state index in [9.17, 15) is 31.6 Å². The van der Waals surface area contributed by atoms with Crippen LogP contribution in [0.25, 0.3) is 0 Å². The molecule has 2 aromatic carbocycles. The number of halogens is 3. The van der Waals surface area contributed by atoms with Gasteiger partial charge in [0.15, 0.2) is 16.1 Å². The molecule has 1 N–H and O–H groups in total. The molecule has 0 aromatic heterocycles. The molecule has 7 nitrogen and oxygen atoms in total. The van der Waals surface area contributed by atoms with Gasteiger partial charge in [0, 0.05) is 19.5 Å². The number of rotatable bonds is 6. The highest BCUT2D eigenvalue weighted by Crippen LogP contribution is 2.38. The van der Waals surface area contributed by atoms with E-state index < -0.39 is 49.6 Å². The van der Waals surface area contributed by atoms with Gasteiger partial charge < -0.3 is 10.1 Å². The molecule has 1 aliphatic carbocycles. The molecule has 2 fully saturated rings. The molecule has 0 bridgehead atoms. The summed E-state index contributed by atoms with van der Waals surface area (Å²) in [6, 6.07) is 15.1. The molecular weight excluding hydrogens is 471 g/mol. The first kappa shape index (κ1) is 24.0. The number of carbonyl (C=O) groups excluding carboxylic acids is 1. The Bertz CT molecular complexity index is 1210. The summed E-state index contributed by atoms with van der Waals surface area (Å²) in [7, 11) is -4.40. The van der Waals surface area contributed by atoms with E-state index in [4.69, 9.17) is 4.74 Å². The summed E-state index contributed by atoms with van der Waals surface area (Å²) in [5.41, 5.74) is -1.38. The number of nitriles is 1. The Hall–Kier alpha value is -3.10. The van der Waals surface area contributed by atoms with Gasteiger partial charge in [0.2, 0.25) is 0 Å². The highest BCUT2D eigenvalue weighted by molar-refractivity contribution is 7.92. The topological polar surface area (TPSA) is 99.5 Å². The largest absolute Gasteiger partial charge is 0.430 e. The van der Waals surface area contributed by atoms with Crippen LogP contribution >= 0.6 is 0 Å². The molecule has 180 valence electrons. The van der Waals surface area contributed by atoms with Crippen molar-refractivity contribution in [3.05, 3.63) is 65.7 Å². The summed E-state index contributed by atoms with van der Waals surface area (Å²) in [5, 5.41) is 10.5. The number of alkyl carbamates (subject to hydrolysis) is 1. The summed E-state index contributed by atoms with van der Waals surface area (Å²) in [6.45, 7) is 0.111. The van der Waals surface area contributed by atoms with E-state index in [0.29, 0.717) is 12.8 Å². The molecule has 1 aliphatic heterocycles. The molecule has 0 spiro atoms. The SMILES string of the molecule is N#CC1(NC(=O)O[C@H]2C[C@@H](S(=O)(=O)c3ccccc3C(F)(F)F)CN2Cc2ccccc2)CC1. The molecule has 2 atom stereocenters. The quantitative estimate of drug-likeness (QED) is 0.656. The summed E-state index contributed by atoms with van der Waals surface area (Å²) in [5.74, 6) is 0. The van der Waals surface area contributed by atoms with Gasteiger partial charge in [-0.3, -0.25) is 4.90 Å². The van der Waals surface area contributed by atoms with Gasteiger partial charge in [-0.1, -0.05) is 42.5 Å². The van der Waals surface area contributed by atoms with Gasteiger partial charge in [0.25, 0.3) is 0 Å². The second kappa shape index (κ2) is 8.92. The molecule has 0 radical (unpaired) electrons. The fraction of sp³-hybridized carbons (Fsp3) is 0.391. The minimum Gasteiger partial charge on any atom is -0.430 e. The normalized spacial score (nSPS) is 22.1. The molecular formula is C23H22F3N3O4S. The number of carbonyl (C=O) groups is 1. The summed E-state index contributed by atoms with van der Waals surface area (Å²) in [6.07, 6.45) is -5.92. The van der Waals surface area contributed by atoms with Crippen molar-refractivity contribution in [3.63, 3.8) is 0 Å². The molecule has 1 heterocycles. The van der Waals surface area contributed by atoms with E-state index >= 15 is 0 Å². The van der Waals surface area contributed by atoms with E-state index in [1.54, 1.807) is 17.0 Å². The monoisotopic (exact) mass is 493 g/mol. The average Bonchev–Trinajstić information content (AvgIpc) is 3.46. The van der Waals surface area contributed by atoms with E-state index in [1.807, 2.05) is 24.3 Å². The first-order chi connectivity index (χ1) is 16.0. The van der Waals surface area contributed by atoms with Gasteiger partial charge in [0.1, 0.15) is 5.54 Å². The first-order valence-electron chi connectivity index (χ1n) is 10.6. The Kier molecular flexibility index (Phi) is 6.31. The fourth-order valence-corrected chi connectivity index (χ4v) is 5.95. The van der Waals surface area contributed by atoms with Crippen molar-refractivity contribution in [2.24, 2.45) is 0 Å². The van der Waals surface area contributed by atoms with Crippen molar-refractivity contribution in [3.8, 4) is 6.07 Å². The molecule has 2 aliphatic rings. The number of ether oxygens (including phenoxy) is 1. The lowest BCUT2D eigenvalue weighted by Gasteiger charge is -2.24. The van der Waals surface area contributed by atoms with Crippen molar-refractivity contribution < 1.29 is 31.1 Å². The number of alkyl halides is 3. The zero-order chi connectivity index (χ0) is 24.6. The minimum atomic E-state index is -4.84. The standard InChI is InChI=1S/C23H22F3N3O4S/c24-23(25,26)18-8-4-5-9-19(18)34(31,32)17-12-20(33-21(30)28-22(15-27)10-11-22)29(14-17)13-16-6-2-1-3-7-16/h1-9,17,20H,10-14H2,(H,28,30)/t17-,20+/m1/s1. The van der Waals surface area contributed by atoms with E-state index in [-0.39, 0.29) is 19.5 Å². The number of amides is 1. The lowest BCUT2D eigenvalue weighted by atomic mass is 10.2. The Balaban J connectivity index is 1.59. The van der Waals surface area contributed by atoms with Gasteiger partial charge in [-0.25, -0.2) is 13.2 Å². The van der Waals surface area contributed by atoms with Crippen LogP contribution < -0.4 is 5.32 Å². The number of nitrogens with zero attached hydrogens (tertiary/aromatic N) is 2. The number of hydrogen-bond donors (Lipinski definition) is 1. The van der Waals surface area contributed by atoms with Crippen LogP contribution in [0.4, 0.5) is 18.0 Å². The van der Waals surface area contributed by atoms with Gasteiger partial charge in [-0.05, 0) is 30.5 Å². The molecule has 1 amide bonds. The van der Waals surface area contributed by atoms with Gasteiger partial charge >= 0.3 is 12.3 Å². The average molecular weight is 494 g/mol. The van der Waals surface area contributed by atoms with E-state index in [0.717, 1.165) is 23.8 Å². The molecule has 4 rings (SSSR count). The number of likely N-dealkylation sites (tertiary alicyclic amines) is 1. The fourth-order valence-electron chi connectivity index (χ4n) is 4.03. The molecule has 1 saturated heterocycles. The third-order valence-corrected chi connectivity index (χ3v) is 8.21. The Labute approximate surface area is 195 Å². The third-order valence-electron chi connectivity index (χ3n) is 6.02. The highest BCUT2D eigenvalue weighted by atomic mass is 32.2. The van der Waals surface area contributed by atoms with Crippen LogP contribution in [-0.2, 0) is 27.3 Å². The van der Waals surface area contributed by atoms with Crippen molar-refractivity contribution in [2.75, 3.05) is 6.54 Å². The maximum absolute atomic E-state index is 13.5. The van der Waals surface area contributed by atoms with Crippen molar-refractivity contribution in [2.45, 2.75) is 53.9 Å². The molecule has 2 aromatic rings. The predicted octanol–water partition coefficient (Wildman–Crippen LogP) is 3.86. The summed E-state index contributed by atoms with van der Waals surface area (Å²) >= 11 is 0. The lowest BCUT2D eigenvalue weighted by molar-refractivity contribution is -0.139.